The lowest BCUT2D eigenvalue weighted by molar-refractivity contribution is -0.170. The summed E-state index contributed by atoms with van der Waals surface area (Å²) in [5.41, 5.74) is 1.47. The molecule has 11 fully saturated rings. The fourth-order valence-corrected chi connectivity index (χ4v) is 15.3. The van der Waals surface area contributed by atoms with Gasteiger partial charge in [0, 0.05) is 84.3 Å². The van der Waals surface area contributed by atoms with Gasteiger partial charge in [0.2, 0.25) is 0 Å². The summed E-state index contributed by atoms with van der Waals surface area (Å²) in [6.45, 7) is 7.67. The van der Waals surface area contributed by atoms with Gasteiger partial charge in [-0.05, 0) is 235 Å². The number of ether oxygens (including phenoxy) is 4. The first-order valence-corrected chi connectivity index (χ1v) is 38.7. The number of carbonyl (C=O) groups excluding carboxylic acids is 5. The molecule has 6 aromatic rings. The van der Waals surface area contributed by atoms with Crippen LogP contribution in [0.2, 0.25) is 30.1 Å². The molecule has 512 valence electrons. The predicted molar refractivity (Wildman–Crippen MR) is 416 cm³/mol. The number of hydrogen-bond acceptors (Lipinski definition) is 9. The topological polar surface area (TPSA) is 171 Å². The van der Waals surface area contributed by atoms with E-state index in [1.54, 1.807) is 107 Å². The van der Waals surface area contributed by atoms with Crippen molar-refractivity contribution >= 4 is 201 Å². The maximum atomic E-state index is 13.0. The lowest BCUT2D eigenvalue weighted by Crippen LogP contribution is -2.84. The highest BCUT2D eigenvalue weighted by Gasteiger charge is 2.74. The van der Waals surface area contributed by atoms with Crippen molar-refractivity contribution in [3.63, 3.8) is 0 Å². The molecule has 9 saturated carbocycles. The van der Waals surface area contributed by atoms with E-state index in [1.807, 2.05) is 58.3 Å². The van der Waals surface area contributed by atoms with Crippen molar-refractivity contribution in [3.05, 3.63) is 176 Å². The fourth-order valence-electron chi connectivity index (χ4n) is 14.6. The predicted octanol–water partition coefficient (Wildman–Crippen LogP) is 17.9. The zero-order valence-corrected chi connectivity index (χ0v) is 65.9. The number of carbonyl (C=O) groups is 5. The maximum Gasteiger partial charge on any atom is 0.325 e. The maximum absolute atomic E-state index is 13.0. The Hall–Kier alpha value is -3.87. The molecule has 9 aliphatic carbocycles. The van der Waals surface area contributed by atoms with Crippen LogP contribution in [0.5, 0.6) is 23.0 Å². The molecule has 26 heteroatoms. The van der Waals surface area contributed by atoms with Gasteiger partial charge in [-0.3, -0.25) is 24.2 Å². The smallest absolute Gasteiger partial charge is 0.325 e. The first-order valence-electron chi connectivity index (χ1n) is 31.4. The Morgan fingerprint density at radius 3 is 0.938 bits per heavy atom. The van der Waals surface area contributed by atoms with E-state index in [0.717, 1.165) is 91.6 Å². The lowest BCUT2D eigenvalue weighted by Gasteiger charge is -2.72. The number of nitrogens with one attached hydrogen (secondary N) is 3. The molecular formula is C70H73Cl6I4N7O9. The van der Waals surface area contributed by atoms with E-state index in [0.29, 0.717) is 85.6 Å². The number of benzene rings is 6. The Labute approximate surface area is 645 Å². The highest BCUT2D eigenvalue weighted by Crippen LogP contribution is 2.69. The number of halogens is 10. The van der Waals surface area contributed by atoms with Crippen LogP contribution in [0.3, 0.4) is 0 Å². The summed E-state index contributed by atoms with van der Waals surface area (Å²) in [5, 5.41) is 13.3. The van der Waals surface area contributed by atoms with E-state index in [4.69, 9.17) is 88.6 Å². The third kappa shape index (κ3) is 19.0. The quantitative estimate of drug-likeness (QED) is 0.0360. The first-order chi connectivity index (χ1) is 45.7. The van der Waals surface area contributed by atoms with Crippen LogP contribution >= 0.6 is 160 Å². The molecular weight excluding hydrogens is 1800 g/mol. The molecule has 0 atom stereocenters. The van der Waals surface area contributed by atoms with Crippen LogP contribution in [0.1, 0.15) is 84.5 Å². The summed E-state index contributed by atoms with van der Waals surface area (Å²) in [4.78, 5) is 70.3. The van der Waals surface area contributed by atoms with Gasteiger partial charge in [-0.1, -0.05) is 160 Å². The number of urea groups is 2. The van der Waals surface area contributed by atoms with Gasteiger partial charge in [-0.15, -0.1) is 0 Å². The summed E-state index contributed by atoms with van der Waals surface area (Å²) >= 11 is 44.6. The average molecular weight is 1880 g/mol. The molecule has 6 bridgehead atoms. The molecule has 0 unspecified atom stereocenters. The monoisotopic (exact) mass is 1870 g/mol. The van der Waals surface area contributed by atoms with Crippen LogP contribution in [-0.4, -0.2) is 124 Å². The molecule has 2 aliphatic heterocycles. The minimum absolute atomic E-state index is 0.00250. The van der Waals surface area contributed by atoms with Gasteiger partial charge >= 0.3 is 12.1 Å². The van der Waals surface area contributed by atoms with Gasteiger partial charge in [0.1, 0.15) is 23.0 Å². The number of alkyl halides is 4. The SMILES string of the molecule is CC(I)I.CC(I)I.O=C(COc1ccc(Cl)cc1)NC12CC(CCCOc3ccc(Cl)cc3)(C1)C2.O=C(COc1ccc(Cl)cc1)NC12CC(N3CCN(c4ccc(Cl)cc4)C3=O)(C1)C2.O=C(COc1ccc(Cl)cc1)NC12CC(N3CCN(c4ccc(Cl)cc4)C3=O)(C1)C2. The number of anilines is 2. The minimum atomic E-state index is -0.200. The second kappa shape index (κ2) is 32.4. The van der Waals surface area contributed by atoms with E-state index in [2.05, 4.69) is 120 Å². The number of rotatable bonds is 21. The lowest BCUT2D eigenvalue weighted by atomic mass is 9.38. The second-order valence-electron chi connectivity index (χ2n) is 25.8. The van der Waals surface area contributed by atoms with Gasteiger partial charge in [0.05, 0.1) is 21.5 Å². The molecule has 96 heavy (non-hydrogen) atoms. The van der Waals surface area contributed by atoms with Crippen molar-refractivity contribution in [2.24, 2.45) is 5.41 Å². The Morgan fingerprint density at radius 2 is 0.656 bits per heavy atom. The van der Waals surface area contributed by atoms with E-state index >= 15 is 0 Å². The molecule has 0 aromatic heterocycles. The molecule has 7 amide bonds. The van der Waals surface area contributed by atoms with E-state index in [1.165, 1.54) is 0 Å². The van der Waals surface area contributed by atoms with E-state index in [-0.39, 0.29) is 77.3 Å². The summed E-state index contributed by atoms with van der Waals surface area (Å²) in [6.07, 6.45) is 10.1. The van der Waals surface area contributed by atoms with Crippen molar-refractivity contribution in [1.29, 1.82) is 0 Å². The molecule has 2 saturated heterocycles. The molecule has 17 rings (SSSR count). The summed E-state index contributed by atoms with van der Waals surface area (Å²) in [7, 11) is 0. The fraction of sp³-hybridized carbons (Fsp3) is 0.414. The van der Waals surface area contributed by atoms with Crippen LogP contribution in [0, 0.1) is 5.41 Å². The number of nitrogens with zero attached hydrogens (tertiary/aromatic N) is 4. The van der Waals surface area contributed by atoms with Gasteiger partial charge in [0.25, 0.3) is 17.7 Å². The van der Waals surface area contributed by atoms with Crippen LogP contribution < -0.4 is 44.7 Å². The summed E-state index contributed by atoms with van der Waals surface area (Å²) < 4.78 is 23.9. The third-order valence-electron chi connectivity index (χ3n) is 18.3. The molecule has 16 nitrogen and oxygen atoms in total. The summed E-state index contributed by atoms with van der Waals surface area (Å²) in [6, 6.07) is 43.0. The first kappa shape index (κ1) is 74.8. The standard InChI is InChI=1S/2C22H21Cl2N3O3.C22H23Cl2NO3.2C2H4I2/c2*23-15-1-5-17(6-2-15)26-9-10-27(20(26)29)22-12-21(13-22,14-22)25-19(28)11-30-18-7-3-16(24)4-8-18;23-16-2-6-18(7-3-16)27-11-1-10-21-13-22(14-21,15-21)25-20(26)12-28-19-8-4-17(24)5-9-19;2*1-2(3)4/h2*1-8H,9-14H2,(H,25,28);2-9H,1,10-15H2,(H,25,26);2*2H,1H3. The van der Waals surface area contributed by atoms with Gasteiger partial charge in [-0.25, -0.2) is 9.59 Å². The highest BCUT2D eigenvalue weighted by molar-refractivity contribution is 14.2. The van der Waals surface area contributed by atoms with E-state index < -0.39 is 0 Å². The van der Waals surface area contributed by atoms with Gasteiger partial charge in [0.15, 0.2) is 19.8 Å². The minimum Gasteiger partial charge on any atom is -0.494 e. The number of hydrogen-bond donors (Lipinski definition) is 3. The normalized spacial score (nSPS) is 24.7. The van der Waals surface area contributed by atoms with Crippen molar-refractivity contribution < 1.29 is 42.9 Å². The molecule has 0 spiro atoms. The van der Waals surface area contributed by atoms with Crippen molar-refractivity contribution in [2.75, 3.05) is 62.4 Å². The van der Waals surface area contributed by atoms with Crippen molar-refractivity contribution in [1.82, 2.24) is 25.8 Å². The Kier molecular flexibility index (Phi) is 25.3. The Bertz CT molecular complexity index is 3470. The Morgan fingerprint density at radius 1 is 0.406 bits per heavy atom. The van der Waals surface area contributed by atoms with Crippen LogP contribution in [0.15, 0.2) is 146 Å². The van der Waals surface area contributed by atoms with E-state index in [9.17, 15) is 24.0 Å². The zero-order chi connectivity index (χ0) is 68.6. The molecule has 6 aromatic carbocycles. The largest absolute Gasteiger partial charge is 0.494 e. The van der Waals surface area contributed by atoms with Crippen LogP contribution in [-0.2, 0) is 14.4 Å². The molecule has 0 radical (unpaired) electrons. The molecule has 2 heterocycles. The molecule has 3 N–H and O–H groups in total. The number of amides is 7. The third-order valence-corrected chi connectivity index (χ3v) is 19.8. The second-order valence-corrected chi connectivity index (χ2v) is 40.7. The zero-order valence-electron chi connectivity index (χ0n) is 52.7. The van der Waals surface area contributed by atoms with Gasteiger partial charge in [-0.2, -0.15) is 0 Å². The molecule has 11 aliphatic rings. The highest BCUT2D eigenvalue weighted by atomic mass is 127. The van der Waals surface area contributed by atoms with Crippen molar-refractivity contribution in [2.45, 2.75) is 116 Å². The van der Waals surface area contributed by atoms with Crippen LogP contribution in [0.4, 0.5) is 21.0 Å². The summed E-state index contributed by atoms with van der Waals surface area (Å²) in [5.74, 6) is 2.36. The van der Waals surface area contributed by atoms with Gasteiger partial charge < -0.3 is 44.7 Å². The van der Waals surface area contributed by atoms with Crippen LogP contribution in [0.25, 0.3) is 0 Å². The average Bonchev–Trinajstić information content (AvgIpc) is 1.00. The Balaban J connectivity index is 0.000000148. The van der Waals surface area contributed by atoms with Crippen molar-refractivity contribution in [3.8, 4) is 23.0 Å².